The second kappa shape index (κ2) is 5.60. The van der Waals surface area contributed by atoms with Gasteiger partial charge in [0.1, 0.15) is 0 Å². The van der Waals surface area contributed by atoms with Gasteiger partial charge in [-0.2, -0.15) is 0 Å². The van der Waals surface area contributed by atoms with Crippen LogP contribution in [0, 0.1) is 0 Å². The molecule has 1 aromatic rings. The Morgan fingerprint density at radius 3 is 2.24 bits per heavy atom. The molecule has 88 valence electrons. The van der Waals surface area contributed by atoms with E-state index >= 15 is 0 Å². The third kappa shape index (κ3) is 3.57. The lowest BCUT2D eigenvalue weighted by molar-refractivity contribution is -0.146. The lowest BCUT2D eigenvalue weighted by Gasteiger charge is -1.98. The highest BCUT2D eigenvalue weighted by molar-refractivity contribution is 6.38. The van der Waals surface area contributed by atoms with Gasteiger partial charge in [0.2, 0.25) is 0 Å². The normalized spacial score (nSPS) is 10.2. The molecular weight excluding hydrogens is 224 g/mol. The summed E-state index contributed by atoms with van der Waals surface area (Å²) in [5.41, 5.74) is 1.00. The average Bonchev–Trinajstić information content (AvgIpc) is 2.35. The molecule has 0 aliphatic rings. The Labute approximate surface area is 97.3 Å². The van der Waals surface area contributed by atoms with Crippen LogP contribution in [-0.4, -0.2) is 29.9 Å². The molecule has 0 spiro atoms. The predicted molar refractivity (Wildman–Crippen MR) is 59.5 cm³/mol. The largest absolute Gasteiger partial charge is 0.475 e. The molecule has 1 N–H and O–H groups in total. The molecule has 0 fully saturated rings. The van der Waals surface area contributed by atoms with Crippen LogP contribution in [0.5, 0.6) is 0 Å². The second-order valence-electron chi connectivity index (χ2n) is 3.12. The maximum Gasteiger partial charge on any atom is 0.376 e. The maximum absolute atomic E-state index is 11.1. The van der Waals surface area contributed by atoms with Gasteiger partial charge >= 0.3 is 11.9 Å². The van der Waals surface area contributed by atoms with E-state index in [1.165, 1.54) is 25.3 Å². The summed E-state index contributed by atoms with van der Waals surface area (Å²) in [6.07, 6.45) is 2.31. The fourth-order valence-electron chi connectivity index (χ4n) is 1.09. The van der Waals surface area contributed by atoms with E-state index in [1.54, 1.807) is 12.1 Å². The Morgan fingerprint density at radius 1 is 1.18 bits per heavy atom. The van der Waals surface area contributed by atoms with E-state index in [0.29, 0.717) is 11.1 Å². The topological polar surface area (TPSA) is 80.7 Å². The first-order valence-electron chi connectivity index (χ1n) is 4.68. The molecule has 5 heteroatoms. The fourth-order valence-corrected chi connectivity index (χ4v) is 1.09. The number of rotatable bonds is 4. The van der Waals surface area contributed by atoms with Crippen molar-refractivity contribution in [3.8, 4) is 0 Å². The SMILES string of the molecule is COC(=O)c1ccc(C=CC(=O)C(=O)O)cc1. The molecule has 1 aromatic carbocycles. The van der Waals surface area contributed by atoms with E-state index in [1.807, 2.05) is 0 Å². The zero-order chi connectivity index (χ0) is 12.8. The quantitative estimate of drug-likeness (QED) is 0.480. The zero-order valence-corrected chi connectivity index (χ0v) is 9.04. The molecule has 0 atom stereocenters. The average molecular weight is 234 g/mol. The van der Waals surface area contributed by atoms with Crippen molar-refractivity contribution in [3.63, 3.8) is 0 Å². The molecule has 0 saturated heterocycles. The van der Waals surface area contributed by atoms with Gasteiger partial charge < -0.3 is 9.84 Å². The monoisotopic (exact) mass is 234 g/mol. The van der Waals surface area contributed by atoms with Gasteiger partial charge in [0.05, 0.1) is 12.7 Å². The van der Waals surface area contributed by atoms with Gasteiger partial charge in [-0.15, -0.1) is 0 Å². The highest BCUT2D eigenvalue weighted by Gasteiger charge is 2.06. The van der Waals surface area contributed by atoms with Crippen molar-refractivity contribution in [3.05, 3.63) is 41.5 Å². The first kappa shape index (κ1) is 12.6. The van der Waals surface area contributed by atoms with Crippen LogP contribution >= 0.6 is 0 Å². The van der Waals surface area contributed by atoms with Crippen LogP contribution in [-0.2, 0) is 14.3 Å². The summed E-state index contributed by atoms with van der Waals surface area (Å²) in [5, 5.41) is 8.35. The highest BCUT2D eigenvalue weighted by atomic mass is 16.5. The number of carbonyl (C=O) groups excluding carboxylic acids is 2. The summed E-state index contributed by atoms with van der Waals surface area (Å²) in [6.45, 7) is 0. The number of carboxylic acids is 1. The van der Waals surface area contributed by atoms with Crippen molar-refractivity contribution in [1.82, 2.24) is 0 Å². The van der Waals surface area contributed by atoms with Crippen molar-refractivity contribution in [2.45, 2.75) is 0 Å². The molecule has 0 saturated carbocycles. The van der Waals surface area contributed by atoms with E-state index in [2.05, 4.69) is 4.74 Å². The molecule has 0 amide bonds. The Kier molecular flexibility index (Phi) is 4.16. The van der Waals surface area contributed by atoms with Crippen LogP contribution < -0.4 is 0 Å². The number of benzene rings is 1. The summed E-state index contributed by atoms with van der Waals surface area (Å²) in [7, 11) is 1.28. The van der Waals surface area contributed by atoms with E-state index < -0.39 is 17.7 Å². The van der Waals surface area contributed by atoms with Crippen LogP contribution in [0.25, 0.3) is 6.08 Å². The van der Waals surface area contributed by atoms with Crippen LogP contribution in [0.4, 0.5) is 0 Å². The third-order valence-electron chi connectivity index (χ3n) is 1.97. The Morgan fingerprint density at radius 2 is 1.76 bits per heavy atom. The van der Waals surface area contributed by atoms with Gasteiger partial charge in [0, 0.05) is 0 Å². The number of esters is 1. The Balaban J connectivity index is 2.78. The minimum atomic E-state index is -1.51. The number of ether oxygens (including phenoxy) is 1. The number of carbonyl (C=O) groups is 3. The van der Waals surface area contributed by atoms with Crippen molar-refractivity contribution in [2.75, 3.05) is 7.11 Å². The van der Waals surface area contributed by atoms with E-state index in [9.17, 15) is 14.4 Å². The lowest BCUT2D eigenvalue weighted by atomic mass is 10.1. The Hall–Kier alpha value is -2.43. The standard InChI is InChI=1S/C12H10O5/c1-17-12(16)9-5-2-8(3-6-9)4-7-10(13)11(14)15/h2-7H,1H3,(H,14,15). The minimum Gasteiger partial charge on any atom is -0.475 e. The van der Waals surface area contributed by atoms with Gasteiger partial charge in [-0.1, -0.05) is 18.2 Å². The van der Waals surface area contributed by atoms with Crippen molar-refractivity contribution in [1.29, 1.82) is 0 Å². The Bertz CT molecular complexity index is 470. The van der Waals surface area contributed by atoms with Gasteiger partial charge in [-0.05, 0) is 23.8 Å². The number of aliphatic carboxylic acids is 1. The second-order valence-corrected chi connectivity index (χ2v) is 3.12. The van der Waals surface area contributed by atoms with Crippen molar-refractivity contribution < 1.29 is 24.2 Å². The molecule has 0 radical (unpaired) electrons. The predicted octanol–water partition coefficient (Wildman–Crippen LogP) is 1.14. The summed E-state index contributed by atoms with van der Waals surface area (Å²) in [6, 6.07) is 6.21. The smallest absolute Gasteiger partial charge is 0.376 e. The summed E-state index contributed by atoms with van der Waals surface area (Å²) in [4.78, 5) is 32.1. The molecule has 0 aliphatic heterocycles. The first-order valence-corrected chi connectivity index (χ1v) is 4.68. The molecule has 0 heterocycles. The first-order chi connectivity index (χ1) is 8.04. The van der Waals surface area contributed by atoms with Gasteiger partial charge in [-0.3, -0.25) is 4.79 Å². The van der Waals surface area contributed by atoms with Crippen molar-refractivity contribution in [2.24, 2.45) is 0 Å². The number of methoxy groups -OCH3 is 1. The van der Waals surface area contributed by atoms with Crippen LogP contribution in [0.2, 0.25) is 0 Å². The number of ketones is 1. The molecule has 17 heavy (non-hydrogen) atoms. The fraction of sp³-hybridized carbons (Fsp3) is 0.0833. The van der Waals surface area contributed by atoms with Gasteiger partial charge in [-0.25, -0.2) is 9.59 Å². The van der Waals surface area contributed by atoms with Gasteiger partial charge in [0.25, 0.3) is 5.78 Å². The minimum absolute atomic E-state index is 0.384. The molecule has 0 unspecified atom stereocenters. The molecule has 0 bridgehead atoms. The van der Waals surface area contributed by atoms with Crippen LogP contribution in [0.3, 0.4) is 0 Å². The van der Waals surface area contributed by atoms with E-state index in [4.69, 9.17) is 5.11 Å². The van der Waals surface area contributed by atoms with Gasteiger partial charge in [0.15, 0.2) is 0 Å². The maximum atomic E-state index is 11.1. The van der Waals surface area contributed by atoms with E-state index in [0.717, 1.165) is 6.08 Å². The summed E-state index contributed by atoms with van der Waals surface area (Å²) in [5.74, 6) is -2.96. The third-order valence-corrected chi connectivity index (χ3v) is 1.97. The molecule has 1 rings (SSSR count). The molecule has 0 aliphatic carbocycles. The molecule has 0 aromatic heterocycles. The summed E-state index contributed by atoms with van der Waals surface area (Å²) >= 11 is 0. The number of hydrogen-bond donors (Lipinski definition) is 1. The van der Waals surface area contributed by atoms with Crippen molar-refractivity contribution >= 4 is 23.8 Å². The zero-order valence-electron chi connectivity index (χ0n) is 9.04. The molecule has 5 nitrogen and oxygen atoms in total. The summed E-state index contributed by atoms with van der Waals surface area (Å²) < 4.78 is 4.52. The van der Waals surface area contributed by atoms with E-state index in [-0.39, 0.29) is 0 Å². The molecular formula is C12H10O5. The lowest BCUT2D eigenvalue weighted by Crippen LogP contribution is -2.08. The number of carboxylic acid groups (broad SMARTS) is 1. The highest BCUT2D eigenvalue weighted by Crippen LogP contribution is 2.07. The van der Waals surface area contributed by atoms with Crippen LogP contribution in [0.15, 0.2) is 30.3 Å². The van der Waals surface area contributed by atoms with Crippen LogP contribution in [0.1, 0.15) is 15.9 Å². The number of hydrogen-bond acceptors (Lipinski definition) is 4.